The van der Waals surface area contributed by atoms with E-state index in [1.807, 2.05) is 57.3 Å². The molecule has 9 nitrogen and oxygen atoms in total. The van der Waals surface area contributed by atoms with Gasteiger partial charge >= 0.3 is 0 Å². The van der Waals surface area contributed by atoms with Crippen LogP contribution in [0, 0.1) is 19.8 Å². The maximum absolute atomic E-state index is 12.7. The fourth-order valence-corrected chi connectivity index (χ4v) is 5.47. The van der Waals surface area contributed by atoms with Gasteiger partial charge in [0.2, 0.25) is 11.9 Å². The number of pyridine rings is 1. The third-order valence-electron chi connectivity index (χ3n) is 6.78. The van der Waals surface area contributed by atoms with Crippen LogP contribution in [0.5, 0.6) is 0 Å². The van der Waals surface area contributed by atoms with Gasteiger partial charge in [-0.15, -0.1) is 11.3 Å². The van der Waals surface area contributed by atoms with Gasteiger partial charge in [0.25, 0.3) is 0 Å². The Morgan fingerprint density at radius 1 is 1.05 bits per heavy atom. The smallest absolute Gasteiger partial charge is 0.224 e. The second-order valence-corrected chi connectivity index (χ2v) is 10.7. The number of anilines is 2. The summed E-state index contributed by atoms with van der Waals surface area (Å²) in [7, 11) is 1.82. The Labute approximate surface area is 233 Å². The molecule has 0 saturated heterocycles. The lowest BCUT2D eigenvalue weighted by Crippen LogP contribution is -2.28. The lowest BCUT2D eigenvalue weighted by atomic mass is 10.0. The van der Waals surface area contributed by atoms with E-state index in [1.165, 1.54) is 0 Å². The van der Waals surface area contributed by atoms with Crippen LogP contribution in [-0.4, -0.2) is 62.6 Å². The number of aryl methyl sites for hydroxylation is 2. The van der Waals surface area contributed by atoms with Gasteiger partial charge in [-0.1, -0.05) is 43.7 Å². The highest BCUT2D eigenvalue weighted by atomic mass is 32.1. The van der Waals surface area contributed by atoms with E-state index in [2.05, 4.69) is 22.5 Å². The van der Waals surface area contributed by atoms with Crippen molar-refractivity contribution in [2.45, 2.75) is 46.6 Å². The first-order valence-electron chi connectivity index (χ1n) is 13.4. The summed E-state index contributed by atoms with van der Waals surface area (Å²) in [5.41, 5.74) is 4.52. The van der Waals surface area contributed by atoms with Crippen molar-refractivity contribution in [2.75, 3.05) is 37.4 Å². The highest BCUT2D eigenvalue weighted by molar-refractivity contribution is 7.21. The summed E-state index contributed by atoms with van der Waals surface area (Å²) in [5.74, 6) is 1.43. The molecule has 1 atom stereocenters. The molecule has 1 unspecified atom stereocenters. The zero-order chi connectivity index (χ0) is 27.8. The van der Waals surface area contributed by atoms with Gasteiger partial charge in [0.15, 0.2) is 0 Å². The predicted molar refractivity (Wildman–Crippen MR) is 158 cm³/mol. The summed E-state index contributed by atoms with van der Waals surface area (Å²) < 4.78 is 1.06. The summed E-state index contributed by atoms with van der Waals surface area (Å²) in [5, 5.41) is 17.1. The minimum absolute atomic E-state index is 0.0473. The van der Waals surface area contributed by atoms with Gasteiger partial charge in [-0.05, 0) is 37.8 Å². The largest absolute Gasteiger partial charge is 0.396 e. The third kappa shape index (κ3) is 7.27. The molecular formula is C29H37N7O2S. The van der Waals surface area contributed by atoms with Crippen LogP contribution in [0.1, 0.15) is 43.1 Å². The number of fused-ring (bicyclic) bond motifs is 1. The number of carbonyl (C=O) groups excluding carboxylic acids is 1. The molecule has 4 rings (SSSR count). The molecule has 3 N–H and O–H groups in total. The lowest BCUT2D eigenvalue weighted by Gasteiger charge is -2.18. The SMILES string of the molecule is CCC(CO)CCNc1nc(NCCC(=O)N(C)Cc2ccccc2)nc(C)c1-c1nc2c(C)nccc2s1. The summed E-state index contributed by atoms with van der Waals surface area (Å²) in [6, 6.07) is 11.9. The van der Waals surface area contributed by atoms with Crippen LogP contribution < -0.4 is 10.6 Å². The average Bonchev–Trinajstić information content (AvgIpc) is 3.36. The monoisotopic (exact) mass is 547 g/mol. The number of nitrogens with zero attached hydrogens (tertiary/aromatic N) is 5. The van der Waals surface area contributed by atoms with E-state index in [-0.39, 0.29) is 18.4 Å². The molecule has 0 aliphatic carbocycles. The van der Waals surface area contributed by atoms with Gasteiger partial charge in [-0.2, -0.15) is 4.98 Å². The first-order valence-corrected chi connectivity index (χ1v) is 14.2. The van der Waals surface area contributed by atoms with Crippen LogP contribution in [0.4, 0.5) is 11.8 Å². The van der Waals surface area contributed by atoms with Crippen molar-refractivity contribution in [3.05, 3.63) is 59.5 Å². The van der Waals surface area contributed by atoms with E-state index >= 15 is 0 Å². The maximum Gasteiger partial charge on any atom is 0.224 e. The number of aromatic nitrogens is 4. The molecule has 0 aliphatic rings. The summed E-state index contributed by atoms with van der Waals surface area (Å²) in [6.07, 6.45) is 3.86. The second kappa shape index (κ2) is 13.4. The Morgan fingerprint density at radius 3 is 2.56 bits per heavy atom. The minimum atomic E-state index is 0.0473. The Hall–Kier alpha value is -3.63. The van der Waals surface area contributed by atoms with Crippen LogP contribution in [-0.2, 0) is 11.3 Å². The topological polar surface area (TPSA) is 116 Å². The van der Waals surface area contributed by atoms with Crippen molar-refractivity contribution in [1.29, 1.82) is 0 Å². The molecule has 10 heteroatoms. The molecule has 206 valence electrons. The number of rotatable bonds is 13. The first kappa shape index (κ1) is 28.4. The second-order valence-electron chi connectivity index (χ2n) is 9.70. The Kier molecular flexibility index (Phi) is 9.78. The van der Waals surface area contributed by atoms with Crippen LogP contribution >= 0.6 is 11.3 Å². The normalized spacial score (nSPS) is 11.9. The molecule has 39 heavy (non-hydrogen) atoms. The molecule has 0 aliphatic heterocycles. The van der Waals surface area contributed by atoms with Crippen LogP contribution in [0.3, 0.4) is 0 Å². The number of aliphatic hydroxyl groups is 1. The van der Waals surface area contributed by atoms with Crippen molar-refractivity contribution in [3.63, 3.8) is 0 Å². The number of hydrogen-bond acceptors (Lipinski definition) is 9. The van der Waals surface area contributed by atoms with Crippen molar-refractivity contribution in [1.82, 2.24) is 24.8 Å². The standard InChI is InChI=1S/C29H37N7O2S/c1-5-21(18-37)11-14-31-27-25(28-34-26-20(3)30-15-12-23(26)39-28)19(2)33-29(35-27)32-16-13-24(38)36(4)17-22-9-7-6-8-10-22/h6-10,12,15,21,37H,5,11,13-14,16-18H2,1-4H3,(H2,31,32,33,35). The van der Waals surface area contributed by atoms with Gasteiger partial charge in [-0.3, -0.25) is 9.78 Å². The third-order valence-corrected chi connectivity index (χ3v) is 7.82. The molecule has 0 fully saturated rings. The van der Waals surface area contributed by atoms with E-state index in [1.54, 1.807) is 22.4 Å². The molecule has 3 aromatic heterocycles. The molecule has 0 spiro atoms. The van der Waals surface area contributed by atoms with Gasteiger partial charge in [0.1, 0.15) is 16.3 Å². The van der Waals surface area contributed by atoms with Gasteiger partial charge < -0.3 is 20.6 Å². The molecule has 4 aromatic rings. The zero-order valence-electron chi connectivity index (χ0n) is 23.1. The summed E-state index contributed by atoms with van der Waals surface area (Å²) in [4.78, 5) is 33.2. The van der Waals surface area contributed by atoms with E-state index < -0.39 is 0 Å². The molecular weight excluding hydrogens is 510 g/mol. The van der Waals surface area contributed by atoms with Crippen molar-refractivity contribution < 1.29 is 9.90 Å². The highest BCUT2D eigenvalue weighted by Crippen LogP contribution is 2.36. The molecule has 1 aromatic carbocycles. The number of amides is 1. The number of thiazole rings is 1. The molecule has 1 amide bonds. The summed E-state index contributed by atoms with van der Waals surface area (Å²) >= 11 is 1.59. The fourth-order valence-electron chi connectivity index (χ4n) is 4.36. The van der Waals surface area contributed by atoms with Crippen LogP contribution in [0.2, 0.25) is 0 Å². The average molecular weight is 548 g/mol. The molecule has 0 saturated carbocycles. The van der Waals surface area contributed by atoms with E-state index in [0.29, 0.717) is 37.8 Å². The van der Waals surface area contributed by atoms with Gasteiger partial charge in [0, 0.05) is 45.9 Å². The number of carbonyl (C=O) groups is 1. The minimum Gasteiger partial charge on any atom is -0.396 e. The Bertz CT molecular complexity index is 1390. The highest BCUT2D eigenvalue weighted by Gasteiger charge is 2.19. The Morgan fingerprint density at radius 2 is 1.85 bits per heavy atom. The van der Waals surface area contributed by atoms with Crippen molar-refractivity contribution in [2.24, 2.45) is 5.92 Å². The van der Waals surface area contributed by atoms with E-state index in [4.69, 9.17) is 15.0 Å². The van der Waals surface area contributed by atoms with Crippen LogP contribution in [0.15, 0.2) is 42.6 Å². The number of nitrogens with one attached hydrogen (secondary N) is 2. The molecule has 3 heterocycles. The van der Waals surface area contributed by atoms with E-state index in [0.717, 1.165) is 50.6 Å². The number of benzene rings is 1. The predicted octanol–water partition coefficient (Wildman–Crippen LogP) is 5.05. The van der Waals surface area contributed by atoms with E-state index in [9.17, 15) is 9.90 Å². The number of hydrogen-bond donors (Lipinski definition) is 3. The van der Waals surface area contributed by atoms with Crippen LogP contribution in [0.25, 0.3) is 20.8 Å². The zero-order valence-corrected chi connectivity index (χ0v) is 23.9. The Balaban J connectivity index is 1.50. The van der Waals surface area contributed by atoms with Crippen molar-refractivity contribution in [3.8, 4) is 10.6 Å². The summed E-state index contributed by atoms with van der Waals surface area (Å²) in [6.45, 7) is 7.81. The van der Waals surface area contributed by atoms with Gasteiger partial charge in [0.05, 0.1) is 21.7 Å². The molecule has 0 radical (unpaired) electrons. The number of aliphatic hydroxyl groups excluding tert-OH is 1. The maximum atomic E-state index is 12.7. The first-order chi connectivity index (χ1) is 18.9. The van der Waals surface area contributed by atoms with Crippen molar-refractivity contribution >= 4 is 39.2 Å². The quantitative estimate of drug-likeness (QED) is 0.213. The fraction of sp³-hybridized carbons (Fsp3) is 0.414. The lowest BCUT2D eigenvalue weighted by molar-refractivity contribution is -0.130. The van der Waals surface area contributed by atoms with Gasteiger partial charge in [-0.25, -0.2) is 9.97 Å². The molecule has 0 bridgehead atoms.